The van der Waals surface area contributed by atoms with E-state index in [4.69, 9.17) is 4.74 Å². The first-order valence-electron chi connectivity index (χ1n) is 11.4. The molecule has 0 aromatic heterocycles. The van der Waals surface area contributed by atoms with E-state index < -0.39 is 5.97 Å². The van der Waals surface area contributed by atoms with Crippen LogP contribution < -0.4 is 5.32 Å². The van der Waals surface area contributed by atoms with Crippen LogP contribution in [0.5, 0.6) is 0 Å². The predicted octanol–water partition coefficient (Wildman–Crippen LogP) is 4.43. The molecule has 0 spiro atoms. The first kappa shape index (κ1) is 24.2. The number of allylic oxidation sites excluding steroid dienone is 1. The minimum Gasteiger partial charge on any atom is -0.463 e. The third-order valence-electron chi connectivity index (χ3n) is 5.72. The lowest BCUT2D eigenvalue weighted by atomic mass is 9.83. The van der Waals surface area contributed by atoms with E-state index in [0.717, 1.165) is 11.1 Å². The van der Waals surface area contributed by atoms with Crippen LogP contribution in [0.2, 0.25) is 0 Å². The maximum Gasteiger partial charge on any atom is 0.336 e. The van der Waals surface area contributed by atoms with Crippen molar-refractivity contribution >= 4 is 17.8 Å². The van der Waals surface area contributed by atoms with Crippen LogP contribution >= 0.6 is 0 Å². The second kappa shape index (κ2) is 10.9. The van der Waals surface area contributed by atoms with Gasteiger partial charge in [-0.25, -0.2) is 4.79 Å². The van der Waals surface area contributed by atoms with Crippen LogP contribution in [-0.2, 0) is 20.9 Å². The van der Waals surface area contributed by atoms with Crippen LogP contribution in [-0.4, -0.2) is 35.8 Å². The Hall–Kier alpha value is -3.41. The largest absolute Gasteiger partial charge is 0.463 e. The quantitative estimate of drug-likeness (QED) is 0.607. The fourth-order valence-electron chi connectivity index (χ4n) is 4.04. The zero-order valence-electron chi connectivity index (χ0n) is 19.8. The van der Waals surface area contributed by atoms with Gasteiger partial charge in [0.25, 0.3) is 5.91 Å². The number of esters is 1. The summed E-state index contributed by atoms with van der Waals surface area (Å²) in [5.74, 6) is -0.594. The Morgan fingerprint density at radius 1 is 1.12 bits per heavy atom. The van der Waals surface area contributed by atoms with Crippen molar-refractivity contribution in [2.24, 2.45) is 5.92 Å². The van der Waals surface area contributed by atoms with Gasteiger partial charge in [-0.15, -0.1) is 0 Å². The summed E-state index contributed by atoms with van der Waals surface area (Å²) < 4.78 is 5.35. The van der Waals surface area contributed by atoms with Crippen molar-refractivity contribution in [3.63, 3.8) is 0 Å². The van der Waals surface area contributed by atoms with Gasteiger partial charge in [0.2, 0.25) is 5.91 Å². The van der Waals surface area contributed by atoms with Gasteiger partial charge in [-0.1, -0.05) is 56.3 Å². The third-order valence-corrected chi connectivity index (χ3v) is 5.72. The van der Waals surface area contributed by atoms with Gasteiger partial charge >= 0.3 is 5.97 Å². The molecule has 0 aliphatic carbocycles. The van der Waals surface area contributed by atoms with E-state index in [9.17, 15) is 14.4 Å². The van der Waals surface area contributed by atoms with Crippen LogP contribution in [0, 0.1) is 5.92 Å². The number of benzene rings is 2. The summed E-state index contributed by atoms with van der Waals surface area (Å²) in [5.41, 5.74) is 3.38. The second-order valence-corrected chi connectivity index (χ2v) is 8.67. The van der Waals surface area contributed by atoms with E-state index in [-0.39, 0.29) is 37.3 Å². The molecular formula is C27H32N2O4. The lowest BCUT2D eigenvalue weighted by Gasteiger charge is -2.34. The highest BCUT2D eigenvalue weighted by atomic mass is 16.5. The number of amides is 2. The van der Waals surface area contributed by atoms with Gasteiger partial charge in [-0.05, 0) is 43.0 Å². The summed E-state index contributed by atoms with van der Waals surface area (Å²) >= 11 is 0. The van der Waals surface area contributed by atoms with Crippen molar-refractivity contribution in [3.8, 4) is 0 Å². The van der Waals surface area contributed by atoms with Gasteiger partial charge in [0, 0.05) is 30.1 Å². The van der Waals surface area contributed by atoms with Crippen LogP contribution in [0.15, 0.2) is 65.9 Å². The van der Waals surface area contributed by atoms with E-state index in [2.05, 4.69) is 5.32 Å². The van der Waals surface area contributed by atoms with Gasteiger partial charge in [-0.3, -0.25) is 9.59 Å². The molecule has 0 fully saturated rings. The summed E-state index contributed by atoms with van der Waals surface area (Å²) in [4.78, 5) is 40.2. The van der Waals surface area contributed by atoms with Crippen molar-refractivity contribution in [1.29, 1.82) is 0 Å². The molecule has 0 saturated heterocycles. The predicted molar refractivity (Wildman–Crippen MR) is 127 cm³/mol. The number of nitrogens with zero attached hydrogens (tertiary/aromatic N) is 1. The smallest absolute Gasteiger partial charge is 0.336 e. The van der Waals surface area contributed by atoms with Gasteiger partial charge in [0.05, 0.1) is 18.7 Å². The Labute approximate surface area is 195 Å². The Morgan fingerprint density at radius 2 is 1.85 bits per heavy atom. The van der Waals surface area contributed by atoms with E-state index >= 15 is 0 Å². The molecule has 0 bridgehead atoms. The number of hydrogen-bond donors (Lipinski definition) is 1. The van der Waals surface area contributed by atoms with Crippen molar-refractivity contribution in [2.45, 2.75) is 46.6 Å². The highest BCUT2D eigenvalue weighted by Gasteiger charge is 2.36. The third kappa shape index (κ3) is 5.89. The molecule has 6 nitrogen and oxygen atoms in total. The lowest BCUT2D eigenvalue weighted by Crippen LogP contribution is -2.38. The summed E-state index contributed by atoms with van der Waals surface area (Å²) in [5, 5.41) is 2.92. The molecular weight excluding hydrogens is 416 g/mol. The summed E-state index contributed by atoms with van der Waals surface area (Å²) in [6.07, 6.45) is 0.185. The molecule has 1 aliphatic rings. The monoisotopic (exact) mass is 448 g/mol. The van der Waals surface area contributed by atoms with Crippen LogP contribution in [0.3, 0.4) is 0 Å². The first-order chi connectivity index (χ1) is 15.8. The molecule has 2 aromatic carbocycles. The fraction of sp³-hybridized carbons (Fsp3) is 0.370. The first-order valence-corrected chi connectivity index (χ1v) is 11.4. The molecule has 6 heteroatoms. The standard InChI is InChI=1S/C27H32N2O4/c1-5-33-27(32)25-19(4)29(24(30)15-23(25)21-11-7-6-8-12-21)17-20-10-9-13-22(14-20)26(31)28-16-18(2)3/h6-14,18,23H,5,15-17H2,1-4H3,(H,28,31). The summed E-state index contributed by atoms with van der Waals surface area (Å²) in [6.45, 7) is 8.78. The SMILES string of the molecule is CCOC(=O)C1=C(C)N(Cc2cccc(C(=O)NCC(C)C)c2)C(=O)CC1c1ccccc1. The number of hydrogen-bond acceptors (Lipinski definition) is 4. The maximum absolute atomic E-state index is 13.2. The van der Waals surface area contributed by atoms with E-state index in [0.29, 0.717) is 29.3 Å². The molecule has 3 rings (SSSR count). The van der Waals surface area contributed by atoms with Crippen molar-refractivity contribution < 1.29 is 19.1 Å². The number of nitrogens with one attached hydrogen (secondary N) is 1. The molecule has 1 N–H and O–H groups in total. The molecule has 33 heavy (non-hydrogen) atoms. The van der Waals surface area contributed by atoms with Crippen molar-refractivity contribution in [3.05, 3.63) is 82.6 Å². The molecule has 1 heterocycles. The average Bonchev–Trinajstić information content (AvgIpc) is 2.80. The highest BCUT2D eigenvalue weighted by molar-refractivity contribution is 5.96. The number of rotatable bonds is 8. The fourth-order valence-corrected chi connectivity index (χ4v) is 4.04. The lowest BCUT2D eigenvalue weighted by molar-refractivity contribution is -0.140. The van der Waals surface area contributed by atoms with E-state index in [1.165, 1.54) is 0 Å². The van der Waals surface area contributed by atoms with Crippen molar-refractivity contribution in [1.82, 2.24) is 10.2 Å². The van der Waals surface area contributed by atoms with E-state index in [1.54, 1.807) is 30.9 Å². The zero-order valence-corrected chi connectivity index (χ0v) is 19.8. The molecule has 174 valence electrons. The van der Waals surface area contributed by atoms with Gasteiger partial charge in [0.15, 0.2) is 0 Å². The Bertz CT molecular complexity index is 1040. The topological polar surface area (TPSA) is 75.7 Å². The Kier molecular flexibility index (Phi) is 8.04. The summed E-state index contributed by atoms with van der Waals surface area (Å²) in [6, 6.07) is 16.8. The van der Waals surface area contributed by atoms with E-state index in [1.807, 2.05) is 56.3 Å². The summed E-state index contributed by atoms with van der Waals surface area (Å²) in [7, 11) is 0. The number of carbonyl (C=O) groups excluding carboxylic acids is 3. The van der Waals surface area contributed by atoms with Gasteiger partial charge < -0.3 is 15.0 Å². The molecule has 1 aliphatic heterocycles. The minimum atomic E-state index is -0.400. The molecule has 2 aromatic rings. The Balaban J connectivity index is 1.91. The molecule has 1 atom stereocenters. The number of carbonyl (C=O) groups is 3. The zero-order chi connectivity index (χ0) is 24.0. The maximum atomic E-state index is 13.2. The molecule has 0 radical (unpaired) electrons. The Morgan fingerprint density at radius 3 is 2.52 bits per heavy atom. The average molecular weight is 449 g/mol. The minimum absolute atomic E-state index is 0.0657. The second-order valence-electron chi connectivity index (χ2n) is 8.67. The van der Waals surface area contributed by atoms with Crippen molar-refractivity contribution in [2.75, 3.05) is 13.2 Å². The molecule has 0 saturated carbocycles. The van der Waals surface area contributed by atoms with Gasteiger partial charge in [0.1, 0.15) is 0 Å². The van der Waals surface area contributed by atoms with Crippen LogP contribution in [0.25, 0.3) is 0 Å². The highest BCUT2D eigenvalue weighted by Crippen LogP contribution is 2.37. The number of ether oxygens (including phenoxy) is 1. The molecule has 1 unspecified atom stereocenters. The van der Waals surface area contributed by atoms with Gasteiger partial charge in [-0.2, -0.15) is 0 Å². The molecule has 2 amide bonds. The van der Waals surface area contributed by atoms with Crippen LogP contribution in [0.4, 0.5) is 0 Å². The normalized spacial score (nSPS) is 16.2. The van der Waals surface area contributed by atoms with Crippen LogP contribution in [0.1, 0.15) is 61.5 Å².